The molecule has 2 aromatic carbocycles. The maximum atomic E-state index is 13.4. The van der Waals surface area contributed by atoms with Crippen molar-refractivity contribution in [1.82, 2.24) is 9.80 Å². The summed E-state index contributed by atoms with van der Waals surface area (Å²) in [6.45, 7) is 3.61. The van der Waals surface area contributed by atoms with Crippen LogP contribution in [0.4, 0.5) is 0 Å². The van der Waals surface area contributed by atoms with Gasteiger partial charge in [0.15, 0.2) is 5.43 Å². The minimum atomic E-state index is -0.525. The van der Waals surface area contributed by atoms with E-state index in [1.165, 1.54) is 0 Å². The van der Waals surface area contributed by atoms with Gasteiger partial charge in [0.1, 0.15) is 11.3 Å². The van der Waals surface area contributed by atoms with Gasteiger partial charge in [-0.1, -0.05) is 23.7 Å². The molecule has 1 aliphatic heterocycles. The number of carbonyl (C=O) groups excluding carboxylic acids is 1. The molecule has 0 saturated heterocycles. The fourth-order valence-corrected chi connectivity index (χ4v) is 3.96. The van der Waals surface area contributed by atoms with Gasteiger partial charge in [-0.05, 0) is 56.9 Å². The Morgan fingerprint density at radius 2 is 1.87 bits per heavy atom. The first-order valence-electron chi connectivity index (χ1n) is 9.85. The SMILES string of the molecule is CCOc1ccc(C2c3c(oc4ccc(Cl)cc4c3=O)C(=O)N2CCN(C)C)cc1. The molecule has 4 rings (SSSR count). The Balaban J connectivity index is 1.88. The third-order valence-corrected chi connectivity index (χ3v) is 5.46. The molecule has 7 heteroatoms. The lowest BCUT2D eigenvalue weighted by molar-refractivity contribution is 0.0716. The fourth-order valence-electron chi connectivity index (χ4n) is 3.79. The number of fused-ring (bicyclic) bond motifs is 2. The molecule has 1 aromatic heterocycles. The third kappa shape index (κ3) is 3.57. The summed E-state index contributed by atoms with van der Waals surface area (Å²) in [5.74, 6) is 0.565. The zero-order valence-electron chi connectivity index (χ0n) is 17.1. The zero-order chi connectivity index (χ0) is 21.4. The van der Waals surface area contributed by atoms with Crippen LogP contribution in [0.15, 0.2) is 51.7 Å². The first kappa shape index (κ1) is 20.4. The molecule has 0 aliphatic carbocycles. The normalized spacial score (nSPS) is 15.8. The van der Waals surface area contributed by atoms with Crippen LogP contribution in [-0.2, 0) is 0 Å². The summed E-state index contributed by atoms with van der Waals surface area (Å²) in [6.07, 6.45) is 0. The van der Waals surface area contributed by atoms with Crippen molar-refractivity contribution in [1.29, 1.82) is 0 Å². The molecule has 1 aliphatic rings. The van der Waals surface area contributed by atoms with E-state index >= 15 is 0 Å². The van der Waals surface area contributed by atoms with Crippen LogP contribution >= 0.6 is 11.6 Å². The number of amides is 1. The average Bonchev–Trinajstić information content (AvgIpc) is 3.00. The van der Waals surface area contributed by atoms with Gasteiger partial charge >= 0.3 is 0 Å². The molecule has 6 nitrogen and oxygen atoms in total. The molecule has 1 amide bonds. The number of ether oxygens (including phenoxy) is 1. The second kappa shape index (κ2) is 8.13. The number of carbonyl (C=O) groups is 1. The highest BCUT2D eigenvalue weighted by Gasteiger charge is 2.42. The first-order chi connectivity index (χ1) is 14.4. The van der Waals surface area contributed by atoms with Crippen molar-refractivity contribution < 1.29 is 13.9 Å². The van der Waals surface area contributed by atoms with Gasteiger partial charge in [-0.2, -0.15) is 0 Å². The highest BCUT2D eigenvalue weighted by atomic mass is 35.5. The summed E-state index contributed by atoms with van der Waals surface area (Å²) < 4.78 is 11.4. The Kier molecular flexibility index (Phi) is 5.54. The Morgan fingerprint density at radius 3 is 2.53 bits per heavy atom. The Bertz CT molecular complexity index is 1150. The maximum absolute atomic E-state index is 13.4. The quantitative estimate of drug-likeness (QED) is 0.597. The van der Waals surface area contributed by atoms with Crippen molar-refractivity contribution in [3.63, 3.8) is 0 Å². The van der Waals surface area contributed by atoms with Gasteiger partial charge in [-0.25, -0.2) is 0 Å². The Labute approximate surface area is 179 Å². The van der Waals surface area contributed by atoms with Gasteiger partial charge in [0.05, 0.1) is 23.6 Å². The van der Waals surface area contributed by atoms with E-state index in [0.717, 1.165) is 11.3 Å². The van der Waals surface area contributed by atoms with Crippen LogP contribution in [0, 0.1) is 0 Å². The molecule has 0 N–H and O–H groups in total. The summed E-state index contributed by atoms with van der Waals surface area (Å²) >= 11 is 6.11. The molecular weight excluding hydrogens is 404 g/mol. The van der Waals surface area contributed by atoms with Crippen LogP contribution in [-0.4, -0.2) is 49.5 Å². The van der Waals surface area contributed by atoms with Crippen molar-refractivity contribution in [3.05, 3.63) is 74.6 Å². The predicted octanol–water partition coefficient (Wildman–Crippen LogP) is 3.95. The molecule has 0 fully saturated rings. The predicted molar refractivity (Wildman–Crippen MR) is 117 cm³/mol. The van der Waals surface area contributed by atoms with E-state index in [9.17, 15) is 9.59 Å². The lowest BCUT2D eigenvalue weighted by Crippen LogP contribution is -2.35. The van der Waals surface area contributed by atoms with E-state index in [0.29, 0.717) is 41.3 Å². The van der Waals surface area contributed by atoms with Crippen molar-refractivity contribution in [2.24, 2.45) is 0 Å². The fraction of sp³-hybridized carbons (Fsp3) is 0.304. The third-order valence-electron chi connectivity index (χ3n) is 5.22. The van der Waals surface area contributed by atoms with Gasteiger partial charge < -0.3 is 19.0 Å². The number of halogens is 1. The molecule has 0 spiro atoms. The van der Waals surface area contributed by atoms with Crippen molar-refractivity contribution in [2.45, 2.75) is 13.0 Å². The highest BCUT2D eigenvalue weighted by molar-refractivity contribution is 6.31. The molecule has 1 atom stereocenters. The van der Waals surface area contributed by atoms with E-state index in [4.69, 9.17) is 20.8 Å². The number of nitrogens with zero attached hydrogens (tertiary/aromatic N) is 2. The summed E-state index contributed by atoms with van der Waals surface area (Å²) in [4.78, 5) is 30.4. The van der Waals surface area contributed by atoms with Gasteiger partial charge in [0, 0.05) is 18.1 Å². The Hall–Kier alpha value is -2.83. The number of hydrogen-bond acceptors (Lipinski definition) is 5. The number of hydrogen-bond donors (Lipinski definition) is 0. The minimum Gasteiger partial charge on any atom is -0.494 e. The number of likely N-dealkylation sites (N-methyl/N-ethyl adjacent to an activating group) is 1. The van der Waals surface area contributed by atoms with Crippen LogP contribution in [0.5, 0.6) is 5.75 Å². The standard InChI is InChI=1S/C23H23ClN2O4/c1-4-29-16-8-5-14(6-9-16)20-19-21(27)17-13-15(24)7-10-18(17)30-22(19)23(28)26(20)12-11-25(2)3/h5-10,13,20H,4,11-12H2,1-3H3. The molecular formula is C23H23ClN2O4. The van der Waals surface area contributed by atoms with Gasteiger partial charge in [-0.3, -0.25) is 9.59 Å². The number of benzene rings is 2. The minimum absolute atomic E-state index is 0.104. The van der Waals surface area contributed by atoms with Crippen LogP contribution < -0.4 is 10.2 Å². The molecule has 0 saturated carbocycles. The summed E-state index contributed by atoms with van der Waals surface area (Å²) in [5.41, 5.74) is 1.32. The van der Waals surface area contributed by atoms with Crippen LogP contribution in [0.1, 0.15) is 34.6 Å². The topological polar surface area (TPSA) is 63.0 Å². The largest absolute Gasteiger partial charge is 0.494 e. The van der Waals surface area contributed by atoms with E-state index in [1.807, 2.05) is 50.2 Å². The smallest absolute Gasteiger partial charge is 0.290 e. The maximum Gasteiger partial charge on any atom is 0.290 e. The van der Waals surface area contributed by atoms with Crippen LogP contribution in [0.2, 0.25) is 5.02 Å². The van der Waals surface area contributed by atoms with Crippen LogP contribution in [0.3, 0.4) is 0 Å². The Morgan fingerprint density at radius 1 is 1.13 bits per heavy atom. The summed E-state index contributed by atoms with van der Waals surface area (Å²) in [5, 5.41) is 0.820. The van der Waals surface area contributed by atoms with Crippen molar-refractivity contribution in [2.75, 3.05) is 33.8 Å². The lowest BCUT2D eigenvalue weighted by atomic mass is 9.98. The van der Waals surface area contributed by atoms with E-state index in [1.54, 1.807) is 23.1 Å². The van der Waals surface area contributed by atoms with Crippen molar-refractivity contribution in [3.8, 4) is 5.75 Å². The average molecular weight is 427 g/mol. The van der Waals surface area contributed by atoms with E-state index < -0.39 is 6.04 Å². The molecule has 30 heavy (non-hydrogen) atoms. The molecule has 156 valence electrons. The number of rotatable bonds is 6. The van der Waals surface area contributed by atoms with E-state index in [-0.39, 0.29) is 17.1 Å². The van der Waals surface area contributed by atoms with Gasteiger partial charge in [0.2, 0.25) is 5.76 Å². The molecule has 0 radical (unpaired) electrons. The van der Waals surface area contributed by atoms with Crippen LogP contribution in [0.25, 0.3) is 11.0 Å². The van der Waals surface area contributed by atoms with Gasteiger partial charge in [0.25, 0.3) is 5.91 Å². The monoisotopic (exact) mass is 426 g/mol. The molecule has 0 bridgehead atoms. The van der Waals surface area contributed by atoms with Crippen molar-refractivity contribution >= 4 is 28.5 Å². The second-order valence-electron chi connectivity index (χ2n) is 7.52. The summed E-state index contributed by atoms with van der Waals surface area (Å²) in [6, 6.07) is 11.8. The zero-order valence-corrected chi connectivity index (χ0v) is 17.9. The van der Waals surface area contributed by atoms with E-state index in [2.05, 4.69) is 0 Å². The highest BCUT2D eigenvalue weighted by Crippen LogP contribution is 2.38. The summed E-state index contributed by atoms with van der Waals surface area (Å²) in [7, 11) is 3.89. The van der Waals surface area contributed by atoms with Gasteiger partial charge in [-0.15, -0.1) is 0 Å². The molecule has 1 unspecified atom stereocenters. The first-order valence-corrected chi connectivity index (χ1v) is 10.2. The second-order valence-corrected chi connectivity index (χ2v) is 7.96. The lowest BCUT2D eigenvalue weighted by Gasteiger charge is -2.26. The molecule has 2 heterocycles. The molecule has 3 aromatic rings.